The minimum absolute atomic E-state index is 0.0510. The van der Waals surface area contributed by atoms with E-state index >= 15 is 0 Å². The van der Waals surface area contributed by atoms with Crippen molar-refractivity contribution in [1.29, 1.82) is 0 Å². The molecule has 0 fully saturated rings. The smallest absolute Gasteiger partial charge is 0.318 e. The van der Waals surface area contributed by atoms with E-state index in [2.05, 4.69) is 4.74 Å². The van der Waals surface area contributed by atoms with Crippen LogP contribution in [0.4, 0.5) is 0 Å². The minimum atomic E-state index is -1.25. The van der Waals surface area contributed by atoms with Gasteiger partial charge >= 0.3 is 5.97 Å². The number of thiophene rings is 1. The predicted molar refractivity (Wildman–Crippen MR) is 52.2 cm³/mol. The van der Waals surface area contributed by atoms with Gasteiger partial charge in [-0.1, -0.05) is 0 Å². The number of hydrogen-bond donors (Lipinski definition) is 0. The molecule has 1 unspecified atom stereocenters. The highest BCUT2D eigenvalue weighted by atomic mass is 32.2. The summed E-state index contributed by atoms with van der Waals surface area (Å²) in [6, 6.07) is 1.75. The second-order valence-corrected chi connectivity index (χ2v) is 4.49. The number of hydrogen-bond acceptors (Lipinski definition) is 4. The van der Waals surface area contributed by atoms with Crippen molar-refractivity contribution in [3.8, 4) is 0 Å². The van der Waals surface area contributed by atoms with Gasteiger partial charge in [-0.25, -0.2) is 0 Å². The van der Waals surface area contributed by atoms with E-state index < -0.39 is 16.8 Å². The van der Waals surface area contributed by atoms with Crippen LogP contribution in [0.2, 0.25) is 0 Å². The number of carbonyl (C=O) groups excluding carboxylic acids is 1. The zero-order valence-corrected chi connectivity index (χ0v) is 8.82. The Morgan fingerprint density at radius 3 is 3.00 bits per heavy atom. The summed E-state index contributed by atoms with van der Waals surface area (Å²) in [5.74, 6) is -0.461. The maximum absolute atomic E-state index is 11.4. The lowest BCUT2D eigenvalue weighted by Crippen LogP contribution is -2.13. The van der Waals surface area contributed by atoms with Crippen LogP contribution in [0.15, 0.2) is 21.7 Å². The summed E-state index contributed by atoms with van der Waals surface area (Å²) in [5.41, 5.74) is 0. The van der Waals surface area contributed by atoms with Gasteiger partial charge in [-0.15, -0.1) is 0 Å². The van der Waals surface area contributed by atoms with Gasteiger partial charge < -0.3 is 4.74 Å². The third-order valence-electron chi connectivity index (χ3n) is 1.31. The van der Waals surface area contributed by atoms with Crippen LogP contribution in [0, 0.1) is 0 Å². The van der Waals surface area contributed by atoms with Gasteiger partial charge in [0, 0.05) is 5.38 Å². The van der Waals surface area contributed by atoms with Crippen molar-refractivity contribution in [2.24, 2.45) is 0 Å². The van der Waals surface area contributed by atoms with Gasteiger partial charge in [-0.2, -0.15) is 11.3 Å². The summed E-state index contributed by atoms with van der Waals surface area (Å²) >= 11 is 1.46. The number of rotatable bonds is 4. The molecule has 1 aromatic heterocycles. The van der Waals surface area contributed by atoms with Crippen LogP contribution in [-0.4, -0.2) is 22.5 Å². The number of carbonyl (C=O) groups is 1. The molecule has 3 nitrogen and oxygen atoms in total. The number of esters is 1. The summed E-state index contributed by atoms with van der Waals surface area (Å²) in [6.07, 6.45) is 0. The van der Waals surface area contributed by atoms with E-state index in [1.54, 1.807) is 18.4 Å². The Morgan fingerprint density at radius 1 is 1.69 bits per heavy atom. The van der Waals surface area contributed by atoms with Crippen molar-refractivity contribution in [1.82, 2.24) is 0 Å². The maximum atomic E-state index is 11.4. The van der Waals surface area contributed by atoms with Gasteiger partial charge in [0.05, 0.1) is 22.3 Å². The largest absolute Gasteiger partial charge is 0.465 e. The zero-order valence-electron chi connectivity index (χ0n) is 7.19. The van der Waals surface area contributed by atoms with Crippen LogP contribution >= 0.6 is 11.3 Å². The molecule has 1 heterocycles. The maximum Gasteiger partial charge on any atom is 0.318 e. The molecule has 0 aliphatic rings. The first kappa shape index (κ1) is 10.4. The van der Waals surface area contributed by atoms with Gasteiger partial charge in [0.1, 0.15) is 5.75 Å². The van der Waals surface area contributed by atoms with Gasteiger partial charge in [-0.05, 0) is 18.4 Å². The van der Waals surface area contributed by atoms with E-state index in [-0.39, 0.29) is 5.75 Å². The van der Waals surface area contributed by atoms with Gasteiger partial charge in [0.2, 0.25) is 0 Å². The molecular formula is C8H10O3S2. The lowest BCUT2D eigenvalue weighted by Gasteiger charge is -1.99. The molecular weight excluding hydrogens is 208 g/mol. The molecule has 72 valence electrons. The fourth-order valence-electron chi connectivity index (χ4n) is 0.775. The van der Waals surface area contributed by atoms with Crippen LogP contribution in [0.5, 0.6) is 0 Å². The van der Waals surface area contributed by atoms with E-state index in [0.29, 0.717) is 11.5 Å². The Kier molecular flexibility index (Phi) is 4.11. The second kappa shape index (κ2) is 5.14. The van der Waals surface area contributed by atoms with Gasteiger partial charge in [0.15, 0.2) is 0 Å². The molecule has 0 radical (unpaired) electrons. The van der Waals surface area contributed by atoms with Crippen LogP contribution in [0.25, 0.3) is 0 Å². The Bertz CT molecular complexity index is 292. The molecule has 0 bridgehead atoms. The van der Waals surface area contributed by atoms with Crippen molar-refractivity contribution in [2.75, 3.05) is 12.4 Å². The van der Waals surface area contributed by atoms with E-state index in [4.69, 9.17) is 0 Å². The molecule has 0 N–H and O–H groups in total. The Morgan fingerprint density at radius 2 is 2.46 bits per heavy atom. The molecule has 0 aliphatic heterocycles. The van der Waals surface area contributed by atoms with Crippen LogP contribution in [0.3, 0.4) is 0 Å². The average Bonchev–Trinajstić information content (AvgIpc) is 2.55. The van der Waals surface area contributed by atoms with E-state index in [0.717, 1.165) is 0 Å². The molecule has 1 rings (SSSR count). The molecule has 5 heteroatoms. The van der Waals surface area contributed by atoms with Crippen molar-refractivity contribution < 1.29 is 13.7 Å². The van der Waals surface area contributed by atoms with Gasteiger partial charge in [-0.3, -0.25) is 9.00 Å². The molecule has 0 spiro atoms. The molecule has 0 saturated carbocycles. The quantitative estimate of drug-likeness (QED) is 0.718. The zero-order chi connectivity index (χ0) is 9.68. The fourth-order valence-corrected chi connectivity index (χ4v) is 2.66. The lowest BCUT2D eigenvalue weighted by molar-refractivity contribution is -0.139. The third kappa shape index (κ3) is 3.28. The molecule has 1 aromatic rings. The van der Waals surface area contributed by atoms with Crippen LogP contribution in [0.1, 0.15) is 6.92 Å². The molecule has 0 saturated heterocycles. The molecule has 1 atom stereocenters. The topological polar surface area (TPSA) is 43.4 Å². The molecule has 0 amide bonds. The normalized spacial score (nSPS) is 12.4. The molecule has 13 heavy (non-hydrogen) atoms. The standard InChI is InChI=1S/C8H10O3S2/c1-2-11-8(9)6-13(10)7-3-4-12-5-7/h3-5H,2,6H2,1H3. The highest BCUT2D eigenvalue weighted by Gasteiger charge is 2.10. The lowest BCUT2D eigenvalue weighted by atomic mass is 10.7. The predicted octanol–water partition coefficient (Wildman–Crippen LogP) is 1.42. The molecule has 0 aliphatic carbocycles. The first-order valence-electron chi connectivity index (χ1n) is 3.80. The Balaban J connectivity index is 2.47. The SMILES string of the molecule is CCOC(=O)CS(=O)c1ccsc1. The summed E-state index contributed by atoms with van der Waals surface area (Å²) in [5, 5.41) is 3.60. The van der Waals surface area contributed by atoms with E-state index in [9.17, 15) is 9.00 Å². The fraction of sp³-hybridized carbons (Fsp3) is 0.375. The summed E-state index contributed by atoms with van der Waals surface area (Å²) in [6.45, 7) is 2.06. The number of ether oxygens (including phenoxy) is 1. The molecule has 0 aromatic carbocycles. The van der Waals surface area contributed by atoms with Crippen molar-refractivity contribution in [2.45, 2.75) is 11.8 Å². The first-order valence-corrected chi connectivity index (χ1v) is 6.06. The van der Waals surface area contributed by atoms with Crippen LogP contribution in [-0.2, 0) is 20.3 Å². The highest BCUT2D eigenvalue weighted by Crippen LogP contribution is 2.11. The van der Waals surface area contributed by atoms with Crippen molar-refractivity contribution in [3.63, 3.8) is 0 Å². The van der Waals surface area contributed by atoms with Crippen LogP contribution < -0.4 is 0 Å². The van der Waals surface area contributed by atoms with Gasteiger partial charge in [0.25, 0.3) is 0 Å². The van der Waals surface area contributed by atoms with Crippen molar-refractivity contribution in [3.05, 3.63) is 16.8 Å². The first-order chi connectivity index (χ1) is 6.24. The van der Waals surface area contributed by atoms with Crippen molar-refractivity contribution >= 4 is 28.1 Å². The summed E-state index contributed by atoms with van der Waals surface area (Å²) < 4.78 is 16.1. The van der Waals surface area contributed by atoms with E-state index in [1.807, 2.05) is 5.38 Å². The Hall–Kier alpha value is -0.680. The average molecular weight is 218 g/mol. The second-order valence-electron chi connectivity index (χ2n) is 2.25. The monoisotopic (exact) mass is 218 g/mol. The summed E-state index contributed by atoms with van der Waals surface area (Å²) in [4.78, 5) is 11.6. The Labute approximate surface area is 83.2 Å². The highest BCUT2D eigenvalue weighted by molar-refractivity contribution is 7.85. The third-order valence-corrected chi connectivity index (χ3v) is 3.42. The van der Waals surface area contributed by atoms with E-state index in [1.165, 1.54) is 11.3 Å². The summed E-state index contributed by atoms with van der Waals surface area (Å²) in [7, 11) is -1.25. The minimum Gasteiger partial charge on any atom is -0.465 e.